The number of aromatic carboxylic acids is 1. The highest BCUT2D eigenvalue weighted by atomic mass is 32.1. The largest absolute Gasteiger partial charge is 0.478 e. The average molecular weight is 540 g/mol. The first-order chi connectivity index (χ1) is 19.0. The number of carbonyl (C=O) groups is 1. The summed E-state index contributed by atoms with van der Waals surface area (Å²) >= 11 is 1.67. The van der Waals surface area contributed by atoms with Crippen LogP contribution in [-0.4, -0.2) is 34.6 Å². The van der Waals surface area contributed by atoms with Gasteiger partial charge in [0, 0.05) is 29.7 Å². The predicted molar refractivity (Wildman–Crippen MR) is 161 cm³/mol. The van der Waals surface area contributed by atoms with Gasteiger partial charge in [-0.2, -0.15) is 0 Å². The van der Waals surface area contributed by atoms with Gasteiger partial charge in [0.05, 0.1) is 17.8 Å². The third-order valence-electron chi connectivity index (χ3n) is 7.59. The van der Waals surface area contributed by atoms with Gasteiger partial charge in [-0.05, 0) is 73.2 Å². The molecule has 39 heavy (non-hydrogen) atoms. The van der Waals surface area contributed by atoms with Crippen molar-refractivity contribution < 1.29 is 9.90 Å². The molecule has 1 saturated carbocycles. The van der Waals surface area contributed by atoms with Crippen molar-refractivity contribution in [1.82, 2.24) is 9.88 Å². The Morgan fingerprint density at radius 2 is 1.62 bits per heavy atom. The van der Waals surface area contributed by atoms with Crippen molar-refractivity contribution in [2.24, 2.45) is 0 Å². The van der Waals surface area contributed by atoms with Gasteiger partial charge in [-0.3, -0.25) is 4.90 Å². The summed E-state index contributed by atoms with van der Waals surface area (Å²) in [7, 11) is 2.05. The van der Waals surface area contributed by atoms with E-state index in [1.165, 1.54) is 43.2 Å². The zero-order valence-electron chi connectivity index (χ0n) is 22.6. The number of hydrogen-bond donors (Lipinski definition) is 2. The molecule has 0 atom stereocenters. The third-order valence-corrected chi connectivity index (χ3v) is 8.42. The summed E-state index contributed by atoms with van der Waals surface area (Å²) in [5.41, 5.74) is 7.54. The predicted octanol–water partition coefficient (Wildman–Crippen LogP) is 7.84. The van der Waals surface area contributed by atoms with Gasteiger partial charge in [-0.25, -0.2) is 9.78 Å². The maximum Gasteiger partial charge on any atom is 0.335 e. The van der Waals surface area contributed by atoms with Crippen molar-refractivity contribution in [3.8, 4) is 11.3 Å². The molecule has 1 aliphatic carbocycles. The van der Waals surface area contributed by atoms with Gasteiger partial charge in [0.15, 0.2) is 0 Å². The SMILES string of the molecule is CN(Cc1ccc(C(=O)O)cc1)Cc1nc(-c2ccc(NCCc3ccc(C4CCCCC4)cc3)cc2)cs1. The van der Waals surface area contributed by atoms with Gasteiger partial charge in [-0.15, -0.1) is 11.3 Å². The monoisotopic (exact) mass is 539 g/mol. The molecular formula is C33H37N3O2S. The van der Waals surface area contributed by atoms with Gasteiger partial charge in [0.2, 0.25) is 0 Å². The lowest BCUT2D eigenvalue weighted by Gasteiger charge is -2.22. The molecule has 1 heterocycles. The number of carboxylic acid groups (broad SMARTS) is 1. The smallest absolute Gasteiger partial charge is 0.335 e. The van der Waals surface area contributed by atoms with Crippen LogP contribution in [0.25, 0.3) is 11.3 Å². The minimum absolute atomic E-state index is 0.312. The lowest BCUT2D eigenvalue weighted by Crippen LogP contribution is -2.17. The molecule has 0 aliphatic heterocycles. The summed E-state index contributed by atoms with van der Waals surface area (Å²) in [6.45, 7) is 2.39. The van der Waals surface area contributed by atoms with Gasteiger partial charge < -0.3 is 10.4 Å². The van der Waals surface area contributed by atoms with Crippen LogP contribution in [0, 0.1) is 0 Å². The maximum absolute atomic E-state index is 11.0. The normalized spacial score (nSPS) is 14.0. The molecule has 0 radical (unpaired) electrons. The third kappa shape index (κ3) is 7.55. The minimum Gasteiger partial charge on any atom is -0.478 e. The summed E-state index contributed by atoms with van der Waals surface area (Å²) in [6.07, 6.45) is 7.87. The Labute approximate surface area is 235 Å². The van der Waals surface area contributed by atoms with E-state index in [2.05, 4.69) is 71.2 Å². The molecule has 202 valence electrons. The van der Waals surface area contributed by atoms with Crippen LogP contribution in [0.4, 0.5) is 5.69 Å². The van der Waals surface area contributed by atoms with Crippen LogP contribution in [0.1, 0.15) is 70.1 Å². The summed E-state index contributed by atoms with van der Waals surface area (Å²) in [4.78, 5) is 18.1. The first kappa shape index (κ1) is 27.1. The zero-order valence-corrected chi connectivity index (χ0v) is 23.4. The molecule has 3 aromatic carbocycles. The van der Waals surface area contributed by atoms with Crippen LogP contribution in [0.2, 0.25) is 0 Å². The summed E-state index contributed by atoms with van der Waals surface area (Å²) in [6, 6.07) is 24.9. The molecule has 5 nitrogen and oxygen atoms in total. The average Bonchev–Trinajstić information content (AvgIpc) is 3.43. The standard InChI is InChI=1S/C33H37N3O2S/c1-36(21-25-9-13-29(14-10-25)33(37)38)22-32-35-31(23-39-32)28-15-17-30(18-16-28)34-20-19-24-7-11-27(12-8-24)26-5-3-2-4-6-26/h7-18,23,26,34H,2-6,19-22H2,1H3,(H,37,38). The first-order valence-electron chi connectivity index (χ1n) is 13.9. The highest BCUT2D eigenvalue weighted by molar-refractivity contribution is 7.09. The van der Waals surface area contributed by atoms with E-state index in [9.17, 15) is 4.79 Å². The topological polar surface area (TPSA) is 65.5 Å². The van der Waals surface area contributed by atoms with Crippen molar-refractivity contribution in [3.05, 3.63) is 105 Å². The van der Waals surface area contributed by atoms with E-state index in [4.69, 9.17) is 10.1 Å². The van der Waals surface area contributed by atoms with Gasteiger partial charge in [0.1, 0.15) is 5.01 Å². The number of hydrogen-bond acceptors (Lipinski definition) is 5. The molecule has 0 bridgehead atoms. The van der Waals surface area contributed by atoms with Crippen molar-refractivity contribution in [2.45, 2.75) is 57.5 Å². The Bertz CT molecular complexity index is 1340. The van der Waals surface area contributed by atoms with Gasteiger partial charge in [-0.1, -0.05) is 67.8 Å². The van der Waals surface area contributed by atoms with E-state index in [0.29, 0.717) is 5.56 Å². The molecule has 6 heteroatoms. The zero-order chi connectivity index (χ0) is 27.0. The first-order valence-corrected chi connectivity index (χ1v) is 14.8. The number of anilines is 1. The molecule has 0 amide bonds. The second-order valence-corrected chi connectivity index (χ2v) is 11.6. The van der Waals surface area contributed by atoms with Gasteiger partial charge >= 0.3 is 5.97 Å². The fourth-order valence-electron chi connectivity index (χ4n) is 5.37. The van der Waals surface area contributed by atoms with Crippen LogP contribution < -0.4 is 5.32 Å². The lowest BCUT2D eigenvalue weighted by molar-refractivity contribution is 0.0697. The molecule has 4 aromatic rings. The molecular weight excluding hydrogens is 502 g/mol. The second kappa shape index (κ2) is 13.0. The highest BCUT2D eigenvalue weighted by Gasteiger charge is 2.15. The Morgan fingerprint density at radius 1 is 0.923 bits per heavy atom. The number of carboxylic acids is 1. The summed E-state index contributed by atoms with van der Waals surface area (Å²) < 4.78 is 0. The van der Waals surface area contributed by atoms with Crippen LogP contribution in [0.3, 0.4) is 0 Å². The maximum atomic E-state index is 11.0. The molecule has 1 aliphatic rings. The van der Waals surface area contributed by atoms with Crippen molar-refractivity contribution >= 4 is 23.0 Å². The van der Waals surface area contributed by atoms with Crippen LogP contribution in [0.5, 0.6) is 0 Å². The van der Waals surface area contributed by atoms with E-state index in [-0.39, 0.29) is 0 Å². The molecule has 1 aromatic heterocycles. The Hall–Kier alpha value is -3.48. The van der Waals surface area contributed by atoms with E-state index in [0.717, 1.165) is 59.5 Å². The number of nitrogens with one attached hydrogen (secondary N) is 1. The van der Waals surface area contributed by atoms with E-state index in [1.807, 2.05) is 12.1 Å². The molecule has 0 spiro atoms. The fourth-order valence-corrected chi connectivity index (χ4v) is 6.25. The lowest BCUT2D eigenvalue weighted by atomic mass is 9.84. The number of aromatic nitrogens is 1. The molecule has 0 unspecified atom stereocenters. The number of rotatable bonds is 11. The Balaban J connectivity index is 1.08. The van der Waals surface area contributed by atoms with Gasteiger partial charge in [0.25, 0.3) is 0 Å². The van der Waals surface area contributed by atoms with Crippen molar-refractivity contribution in [1.29, 1.82) is 0 Å². The number of thiazole rings is 1. The minimum atomic E-state index is -0.899. The van der Waals surface area contributed by atoms with Crippen LogP contribution >= 0.6 is 11.3 Å². The Morgan fingerprint density at radius 3 is 2.31 bits per heavy atom. The molecule has 2 N–H and O–H groups in total. The van der Waals surface area contributed by atoms with E-state index in [1.54, 1.807) is 23.5 Å². The van der Waals surface area contributed by atoms with E-state index < -0.39 is 5.97 Å². The molecule has 5 rings (SSSR count). The quantitative estimate of drug-likeness (QED) is 0.203. The summed E-state index contributed by atoms with van der Waals surface area (Å²) in [5, 5.41) is 15.8. The number of nitrogens with zero attached hydrogens (tertiary/aromatic N) is 2. The van der Waals surface area contributed by atoms with Crippen molar-refractivity contribution in [3.63, 3.8) is 0 Å². The van der Waals surface area contributed by atoms with Crippen LogP contribution in [-0.2, 0) is 19.5 Å². The molecule has 1 fully saturated rings. The van der Waals surface area contributed by atoms with Crippen molar-refractivity contribution in [2.75, 3.05) is 18.9 Å². The highest BCUT2D eigenvalue weighted by Crippen LogP contribution is 2.32. The molecule has 0 saturated heterocycles. The van der Waals surface area contributed by atoms with Crippen LogP contribution in [0.15, 0.2) is 78.2 Å². The fraction of sp³-hybridized carbons (Fsp3) is 0.333. The van der Waals surface area contributed by atoms with E-state index >= 15 is 0 Å². The summed E-state index contributed by atoms with van der Waals surface area (Å²) in [5.74, 6) is -0.131. The second-order valence-electron chi connectivity index (χ2n) is 10.6. The Kier molecular flexibility index (Phi) is 9.07. The number of benzene rings is 3.